The zero-order valence-electron chi connectivity index (χ0n) is 17.8. The Kier molecular flexibility index (Phi) is 6.11. The predicted molar refractivity (Wildman–Crippen MR) is 111 cm³/mol. The number of carbonyl (C=O) groups excluding carboxylic acids is 5. The summed E-state index contributed by atoms with van der Waals surface area (Å²) >= 11 is 0. The van der Waals surface area contributed by atoms with Gasteiger partial charge in [-0.2, -0.15) is 0 Å². The van der Waals surface area contributed by atoms with Crippen molar-refractivity contribution in [2.45, 2.75) is 63.3 Å². The van der Waals surface area contributed by atoms with Gasteiger partial charge in [0.1, 0.15) is 18.2 Å². The summed E-state index contributed by atoms with van der Waals surface area (Å²) < 4.78 is 5.08. The van der Waals surface area contributed by atoms with E-state index in [9.17, 15) is 24.0 Å². The molecule has 0 saturated carbocycles. The van der Waals surface area contributed by atoms with Gasteiger partial charge >= 0.3 is 5.97 Å². The van der Waals surface area contributed by atoms with Crippen molar-refractivity contribution in [1.29, 1.82) is 0 Å². The number of carbonyl (C=O) groups is 5. The van der Waals surface area contributed by atoms with E-state index >= 15 is 0 Å². The number of rotatable bonds is 4. The highest BCUT2D eigenvalue weighted by atomic mass is 16.6. The molecular formula is C22H26N4O6. The minimum absolute atomic E-state index is 0.0615. The Morgan fingerprint density at radius 1 is 1.06 bits per heavy atom. The molecule has 0 aromatic heterocycles. The molecule has 4 atom stereocenters. The topological polar surface area (TPSA) is 125 Å². The van der Waals surface area contributed by atoms with Crippen LogP contribution in [0.3, 0.4) is 0 Å². The summed E-state index contributed by atoms with van der Waals surface area (Å²) in [6.45, 7) is 2.02. The molecule has 32 heavy (non-hydrogen) atoms. The monoisotopic (exact) mass is 442 g/mol. The van der Waals surface area contributed by atoms with Crippen LogP contribution in [0.25, 0.3) is 0 Å². The summed E-state index contributed by atoms with van der Waals surface area (Å²) in [7, 11) is 0. The summed E-state index contributed by atoms with van der Waals surface area (Å²) in [5.74, 6) is -2.01. The Hall–Kier alpha value is -3.43. The average molecular weight is 442 g/mol. The van der Waals surface area contributed by atoms with Crippen molar-refractivity contribution >= 4 is 29.6 Å². The fourth-order valence-corrected chi connectivity index (χ4v) is 4.37. The number of hydrogen-bond acceptors (Lipinski definition) is 6. The Balaban J connectivity index is 1.53. The normalized spacial score (nSPS) is 28.0. The van der Waals surface area contributed by atoms with E-state index in [-0.39, 0.29) is 25.2 Å². The lowest BCUT2D eigenvalue weighted by Gasteiger charge is -2.43. The van der Waals surface area contributed by atoms with Gasteiger partial charge in [-0.25, -0.2) is 5.01 Å². The molecule has 0 aliphatic carbocycles. The van der Waals surface area contributed by atoms with Crippen LogP contribution in [0.1, 0.15) is 49.4 Å². The van der Waals surface area contributed by atoms with Crippen molar-refractivity contribution in [2.75, 3.05) is 6.54 Å². The first-order valence-electron chi connectivity index (χ1n) is 10.8. The van der Waals surface area contributed by atoms with Gasteiger partial charge in [0, 0.05) is 18.5 Å². The minimum atomic E-state index is -0.930. The van der Waals surface area contributed by atoms with Gasteiger partial charge in [-0.3, -0.25) is 29.0 Å². The van der Waals surface area contributed by atoms with Crippen molar-refractivity contribution in [3.05, 3.63) is 35.9 Å². The number of nitrogens with one attached hydrogen (secondary N) is 2. The lowest BCUT2D eigenvalue weighted by Crippen LogP contribution is -2.64. The molecule has 0 spiro atoms. The van der Waals surface area contributed by atoms with Crippen LogP contribution in [0, 0.1) is 0 Å². The molecule has 3 saturated heterocycles. The molecule has 1 unspecified atom stereocenters. The van der Waals surface area contributed by atoms with Crippen LogP contribution in [0.15, 0.2) is 30.3 Å². The van der Waals surface area contributed by atoms with Gasteiger partial charge in [-0.1, -0.05) is 18.2 Å². The number of esters is 1. The van der Waals surface area contributed by atoms with E-state index in [0.717, 1.165) is 0 Å². The average Bonchev–Trinajstić information content (AvgIpc) is 3.05. The predicted octanol–water partition coefficient (Wildman–Crippen LogP) is 0.134. The van der Waals surface area contributed by atoms with Gasteiger partial charge in [0.15, 0.2) is 0 Å². The SMILES string of the molecule is CC1OC(=O)C[C@@H]1NC(=O)[C@@H]1CCCN2C(=O)CC[C@H](NC(=O)c3ccccc3)C(=O)N12. The van der Waals surface area contributed by atoms with Crippen LogP contribution < -0.4 is 10.6 Å². The Bertz CT molecular complexity index is 936. The number of hydrogen-bond donors (Lipinski definition) is 2. The second kappa shape index (κ2) is 8.97. The third-order valence-corrected chi connectivity index (χ3v) is 6.10. The molecule has 4 rings (SSSR count). The first-order valence-corrected chi connectivity index (χ1v) is 10.8. The van der Waals surface area contributed by atoms with Gasteiger partial charge in [0.2, 0.25) is 11.8 Å². The summed E-state index contributed by atoms with van der Waals surface area (Å²) in [6, 6.07) is 6.17. The quantitative estimate of drug-likeness (QED) is 0.639. The van der Waals surface area contributed by atoms with E-state index in [1.54, 1.807) is 37.3 Å². The third kappa shape index (κ3) is 4.30. The van der Waals surface area contributed by atoms with Gasteiger partial charge < -0.3 is 15.4 Å². The molecule has 1 aromatic carbocycles. The Morgan fingerprint density at radius 3 is 2.50 bits per heavy atom. The molecule has 0 bridgehead atoms. The van der Waals surface area contributed by atoms with Crippen LogP contribution in [-0.2, 0) is 23.9 Å². The lowest BCUT2D eigenvalue weighted by atomic mass is 10.0. The van der Waals surface area contributed by atoms with Crippen molar-refractivity contribution in [2.24, 2.45) is 0 Å². The largest absolute Gasteiger partial charge is 0.460 e. The molecule has 0 radical (unpaired) electrons. The van der Waals surface area contributed by atoms with Gasteiger partial charge in [-0.05, 0) is 38.3 Å². The maximum absolute atomic E-state index is 13.4. The molecule has 3 aliphatic heterocycles. The Labute approximate surface area is 185 Å². The Morgan fingerprint density at radius 2 is 1.81 bits per heavy atom. The third-order valence-electron chi connectivity index (χ3n) is 6.10. The van der Waals surface area contributed by atoms with E-state index in [0.29, 0.717) is 24.9 Å². The number of benzene rings is 1. The maximum atomic E-state index is 13.4. The molecular weight excluding hydrogens is 416 g/mol. The molecule has 2 N–H and O–H groups in total. The van der Waals surface area contributed by atoms with Crippen LogP contribution >= 0.6 is 0 Å². The molecule has 10 nitrogen and oxygen atoms in total. The highest BCUT2D eigenvalue weighted by Crippen LogP contribution is 2.26. The number of fused-ring (bicyclic) bond motifs is 1. The second-order valence-electron chi connectivity index (χ2n) is 8.30. The zero-order chi connectivity index (χ0) is 22.8. The smallest absolute Gasteiger partial charge is 0.308 e. The van der Waals surface area contributed by atoms with Crippen molar-refractivity contribution < 1.29 is 28.7 Å². The molecule has 10 heteroatoms. The molecule has 3 heterocycles. The van der Waals surface area contributed by atoms with Crippen molar-refractivity contribution in [3.8, 4) is 0 Å². The van der Waals surface area contributed by atoms with Crippen LogP contribution in [0.2, 0.25) is 0 Å². The van der Waals surface area contributed by atoms with E-state index in [1.165, 1.54) is 10.0 Å². The van der Waals surface area contributed by atoms with E-state index in [1.807, 2.05) is 0 Å². The number of ether oxygens (including phenoxy) is 1. The summed E-state index contributed by atoms with van der Waals surface area (Å²) in [5, 5.41) is 8.04. The second-order valence-corrected chi connectivity index (χ2v) is 8.30. The number of hydrazine groups is 1. The van der Waals surface area contributed by atoms with Crippen LogP contribution in [0.4, 0.5) is 0 Å². The lowest BCUT2D eigenvalue weighted by molar-refractivity contribution is -0.176. The van der Waals surface area contributed by atoms with Crippen molar-refractivity contribution in [1.82, 2.24) is 20.7 Å². The molecule has 170 valence electrons. The van der Waals surface area contributed by atoms with E-state index < -0.39 is 47.9 Å². The van der Waals surface area contributed by atoms with Gasteiger partial charge in [0.05, 0.1) is 12.5 Å². The zero-order valence-corrected chi connectivity index (χ0v) is 17.8. The van der Waals surface area contributed by atoms with Crippen LogP contribution in [0.5, 0.6) is 0 Å². The minimum Gasteiger partial charge on any atom is -0.460 e. The number of amides is 4. The molecule has 3 fully saturated rings. The van der Waals surface area contributed by atoms with E-state index in [4.69, 9.17) is 4.74 Å². The van der Waals surface area contributed by atoms with Crippen LogP contribution in [-0.4, -0.2) is 70.4 Å². The molecule has 1 aromatic rings. The standard InChI is InChI=1S/C22H26N4O6/c1-13-16(12-19(28)32-13)24-21(30)17-8-5-11-25-18(27)10-9-15(22(31)26(17)25)23-20(29)14-6-3-2-4-7-14/h2-4,6-7,13,15-17H,5,8-12H2,1H3,(H,23,29)(H,24,30)/t13?,15-,16-,17-/m0/s1. The number of nitrogens with zero attached hydrogens (tertiary/aromatic N) is 2. The summed E-state index contributed by atoms with van der Waals surface area (Å²) in [6.07, 6.45) is 0.760. The first-order chi connectivity index (χ1) is 15.3. The number of cyclic esters (lactones) is 1. The maximum Gasteiger partial charge on any atom is 0.308 e. The first kappa shape index (κ1) is 21.8. The van der Waals surface area contributed by atoms with Gasteiger partial charge in [0.25, 0.3) is 11.8 Å². The highest BCUT2D eigenvalue weighted by Gasteiger charge is 2.45. The summed E-state index contributed by atoms with van der Waals surface area (Å²) in [5.41, 5.74) is 0.403. The van der Waals surface area contributed by atoms with E-state index in [2.05, 4.69) is 10.6 Å². The molecule has 4 amide bonds. The van der Waals surface area contributed by atoms with Crippen molar-refractivity contribution in [3.63, 3.8) is 0 Å². The summed E-state index contributed by atoms with van der Waals surface area (Å²) in [4.78, 5) is 63.4. The fourth-order valence-electron chi connectivity index (χ4n) is 4.37. The highest BCUT2D eigenvalue weighted by molar-refractivity contribution is 5.99. The van der Waals surface area contributed by atoms with Gasteiger partial charge in [-0.15, -0.1) is 0 Å². The fraction of sp³-hybridized carbons (Fsp3) is 0.500. The molecule has 3 aliphatic rings.